The highest BCUT2D eigenvalue weighted by Gasteiger charge is 2.50. The van der Waals surface area contributed by atoms with E-state index in [0.717, 1.165) is 36.7 Å². The smallest absolute Gasteiger partial charge is 0.0689 e. The molecule has 0 aromatic heterocycles. The van der Waals surface area contributed by atoms with Crippen molar-refractivity contribution in [3.63, 3.8) is 0 Å². The molecule has 0 N–H and O–H groups in total. The molecule has 1 saturated carbocycles. The monoisotopic (exact) mass is 211 g/mol. The maximum Gasteiger partial charge on any atom is 0.0689 e. The van der Waals surface area contributed by atoms with Crippen LogP contribution in [0.25, 0.3) is 0 Å². The zero-order chi connectivity index (χ0) is 10.2. The minimum atomic E-state index is -0.541. The van der Waals surface area contributed by atoms with Crippen LogP contribution in [0.5, 0.6) is 0 Å². The second-order valence-corrected chi connectivity index (χ2v) is 6.65. The Morgan fingerprint density at radius 2 is 2.14 bits per heavy atom. The summed E-state index contributed by atoms with van der Waals surface area (Å²) in [6.07, 6.45) is 4.51. The van der Waals surface area contributed by atoms with E-state index in [1.165, 1.54) is 6.42 Å². The zero-order valence-electron chi connectivity index (χ0n) is 8.66. The molecule has 0 aromatic rings. The lowest BCUT2D eigenvalue weighted by Gasteiger charge is -2.21. The highest BCUT2D eigenvalue weighted by molar-refractivity contribution is 7.85. The van der Waals surface area contributed by atoms with Crippen LogP contribution in [0.3, 0.4) is 0 Å². The Kier molecular flexibility index (Phi) is 2.66. The molecule has 1 aliphatic heterocycles. The summed E-state index contributed by atoms with van der Waals surface area (Å²) in [5.74, 6) is 3.15. The van der Waals surface area contributed by atoms with Crippen molar-refractivity contribution >= 4 is 10.8 Å². The van der Waals surface area contributed by atoms with Crippen molar-refractivity contribution < 1.29 is 4.21 Å². The Morgan fingerprint density at radius 1 is 1.50 bits per heavy atom. The van der Waals surface area contributed by atoms with Crippen LogP contribution < -0.4 is 0 Å². The van der Waals surface area contributed by atoms with E-state index in [0.29, 0.717) is 5.92 Å². The standard InChI is InChI=1S/C11H17NOS/c1-11(8-12)7-10(11)6-9-2-4-14(13)5-3-9/h9-10H,2-7H2,1H3/t9?,10?,11-,14?/m1/s1. The molecule has 2 nitrogen and oxygen atoms in total. The van der Waals surface area contributed by atoms with Gasteiger partial charge in [0.2, 0.25) is 0 Å². The summed E-state index contributed by atoms with van der Waals surface area (Å²) in [5, 5.41) is 8.91. The lowest BCUT2D eigenvalue weighted by molar-refractivity contribution is 0.401. The fourth-order valence-corrected chi connectivity index (χ4v) is 3.81. The second kappa shape index (κ2) is 3.66. The van der Waals surface area contributed by atoms with Crippen molar-refractivity contribution in [2.45, 2.75) is 32.6 Å². The topological polar surface area (TPSA) is 40.9 Å². The van der Waals surface area contributed by atoms with E-state index in [4.69, 9.17) is 5.26 Å². The first-order valence-corrected chi connectivity index (χ1v) is 6.89. The maximum absolute atomic E-state index is 11.2. The van der Waals surface area contributed by atoms with Gasteiger partial charge in [0.1, 0.15) is 0 Å². The normalized spacial score (nSPS) is 47.0. The van der Waals surface area contributed by atoms with Crippen molar-refractivity contribution in [3.05, 3.63) is 0 Å². The first-order valence-electron chi connectivity index (χ1n) is 5.40. The number of rotatable bonds is 2. The molecule has 3 heteroatoms. The molecule has 14 heavy (non-hydrogen) atoms. The van der Waals surface area contributed by atoms with E-state index < -0.39 is 10.8 Å². The van der Waals surface area contributed by atoms with E-state index in [-0.39, 0.29) is 5.41 Å². The van der Waals surface area contributed by atoms with Crippen molar-refractivity contribution in [2.24, 2.45) is 17.3 Å². The quantitative estimate of drug-likeness (QED) is 0.701. The number of hydrogen-bond donors (Lipinski definition) is 0. The number of nitrogens with zero attached hydrogens (tertiary/aromatic N) is 1. The average Bonchev–Trinajstić information content (AvgIpc) is 2.82. The summed E-state index contributed by atoms with van der Waals surface area (Å²) >= 11 is 0. The SMILES string of the molecule is C[C@]1(C#N)CC1CC1CCS(=O)CC1. The lowest BCUT2D eigenvalue weighted by atomic mass is 9.93. The van der Waals surface area contributed by atoms with Crippen LogP contribution in [0.2, 0.25) is 0 Å². The molecule has 0 bridgehead atoms. The van der Waals surface area contributed by atoms with Crippen LogP contribution in [0.15, 0.2) is 0 Å². The summed E-state index contributed by atoms with van der Waals surface area (Å²) in [6.45, 7) is 2.07. The van der Waals surface area contributed by atoms with E-state index in [2.05, 4.69) is 13.0 Å². The molecule has 2 atom stereocenters. The summed E-state index contributed by atoms with van der Waals surface area (Å²) in [7, 11) is -0.541. The molecule has 0 aromatic carbocycles. The van der Waals surface area contributed by atoms with Crippen molar-refractivity contribution in [1.82, 2.24) is 0 Å². The molecule has 2 rings (SSSR count). The summed E-state index contributed by atoms with van der Waals surface area (Å²) < 4.78 is 11.2. The van der Waals surface area contributed by atoms with Gasteiger partial charge in [-0.1, -0.05) is 0 Å². The second-order valence-electron chi connectivity index (χ2n) is 4.96. The van der Waals surface area contributed by atoms with Crippen LogP contribution in [-0.2, 0) is 10.8 Å². The molecule has 2 aliphatic rings. The predicted octanol–water partition coefficient (Wildman–Crippen LogP) is 2.08. The van der Waals surface area contributed by atoms with Gasteiger partial charge in [0.05, 0.1) is 11.5 Å². The minimum Gasteiger partial charge on any atom is -0.260 e. The molecule has 1 heterocycles. The molecule has 0 amide bonds. The number of hydrogen-bond acceptors (Lipinski definition) is 2. The lowest BCUT2D eigenvalue weighted by Crippen LogP contribution is -2.19. The fraction of sp³-hybridized carbons (Fsp3) is 0.909. The summed E-state index contributed by atoms with van der Waals surface area (Å²) in [4.78, 5) is 0. The van der Waals surface area contributed by atoms with Gasteiger partial charge in [-0.2, -0.15) is 5.26 Å². The first kappa shape index (κ1) is 10.2. The van der Waals surface area contributed by atoms with Gasteiger partial charge in [-0.15, -0.1) is 0 Å². The molecule has 1 aliphatic carbocycles. The minimum absolute atomic E-state index is 0.0173. The van der Waals surface area contributed by atoms with Gasteiger partial charge in [-0.25, -0.2) is 0 Å². The van der Waals surface area contributed by atoms with E-state index >= 15 is 0 Å². The van der Waals surface area contributed by atoms with Crippen LogP contribution in [0, 0.1) is 28.6 Å². The first-order chi connectivity index (χ1) is 6.64. The van der Waals surface area contributed by atoms with Gasteiger partial charge in [-0.3, -0.25) is 4.21 Å². The fourth-order valence-electron chi connectivity index (χ4n) is 2.41. The Hall–Kier alpha value is -0.360. The van der Waals surface area contributed by atoms with Gasteiger partial charge in [0.15, 0.2) is 0 Å². The maximum atomic E-state index is 11.2. The molecular weight excluding hydrogens is 194 g/mol. The Bertz CT molecular complexity index is 286. The van der Waals surface area contributed by atoms with E-state index in [1.807, 2.05) is 0 Å². The Morgan fingerprint density at radius 3 is 2.64 bits per heavy atom. The third-order valence-corrected chi connectivity index (χ3v) is 5.17. The van der Waals surface area contributed by atoms with Gasteiger partial charge in [-0.05, 0) is 44.4 Å². The average molecular weight is 211 g/mol. The summed E-state index contributed by atoms with van der Waals surface area (Å²) in [5.41, 5.74) is -0.0173. The largest absolute Gasteiger partial charge is 0.260 e. The molecule has 2 fully saturated rings. The molecule has 78 valence electrons. The number of nitriles is 1. The molecular formula is C11H17NOS. The van der Waals surface area contributed by atoms with Gasteiger partial charge >= 0.3 is 0 Å². The highest BCUT2D eigenvalue weighted by atomic mass is 32.2. The zero-order valence-corrected chi connectivity index (χ0v) is 9.48. The van der Waals surface area contributed by atoms with Crippen molar-refractivity contribution in [1.29, 1.82) is 5.26 Å². The van der Waals surface area contributed by atoms with Gasteiger partial charge < -0.3 is 0 Å². The third kappa shape index (κ3) is 2.00. The predicted molar refractivity (Wildman–Crippen MR) is 57.0 cm³/mol. The van der Waals surface area contributed by atoms with Crippen LogP contribution in [0.1, 0.15) is 32.6 Å². The Balaban J connectivity index is 1.78. The Labute approximate surface area is 88.1 Å². The van der Waals surface area contributed by atoms with E-state index in [9.17, 15) is 4.21 Å². The van der Waals surface area contributed by atoms with Crippen LogP contribution in [0.4, 0.5) is 0 Å². The molecule has 0 radical (unpaired) electrons. The van der Waals surface area contributed by atoms with E-state index in [1.54, 1.807) is 0 Å². The molecule has 1 unspecified atom stereocenters. The van der Waals surface area contributed by atoms with Crippen molar-refractivity contribution in [3.8, 4) is 6.07 Å². The van der Waals surface area contributed by atoms with Crippen molar-refractivity contribution in [2.75, 3.05) is 11.5 Å². The van der Waals surface area contributed by atoms with Crippen LogP contribution >= 0.6 is 0 Å². The molecule has 0 spiro atoms. The van der Waals surface area contributed by atoms with Crippen LogP contribution in [-0.4, -0.2) is 15.7 Å². The highest BCUT2D eigenvalue weighted by Crippen LogP contribution is 2.55. The van der Waals surface area contributed by atoms with Gasteiger partial charge in [0.25, 0.3) is 0 Å². The molecule has 1 saturated heterocycles. The third-order valence-electron chi connectivity index (χ3n) is 3.79. The summed E-state index contributed by atoms with van der Waals surface area (Å²) in [6, 6.07) is 2.40. The van der Waals surface area contributed by atoms with Gasteiger partial charge in [0, 0.05) is 22.3 Å².